The molecule has 5 nitrogen and oxygen atoms in total. The Hall–Kier alpha value is -2.69. The minimum absolute atomic E-state index is 0.0511. The van der Waals surface area contributed by atoms with Gasteiger partial charge in [0.25, 0.3) is 0 Å². The third kappa shape index (κ3) is 5.14. The second kappa shape index (κ2) is 8.97. The van der Waals surface area contributed by atoms with Gasteiger partial charge in [0.1, 0.15) is 17.2 Å². The van der Waals surface area contributed by atoms with Gasteiger partial charge in [-0.1, -0.05) is 18.2 Å². The van der Waals surface area contributed by atoms with E-state index in [1.165, 1.54) is 0 Å². The quantitative estimate of drug-likeness (QED) is 0.758. The molecule has 1 unspecified atom stereocenters. The maximum atomic E-state index is 11.5. The third-order valence-electron chi connectivity index (χ3n) is 4.29. The van der Waals surface area contributed by atoms with Crippen LogP contribution in [0.15, 0.2) is 42.5 Å². The molecule has 134 valence electrons. The predicted octanol–water partition coefficient (Wildman–Crippen LogP) is 3.30. The first kappa shape index (κ1) is 18.6. The summed E-state index contributed by atoms with van der Waals surface area (Å²) in [6.07, 6.45) is 1.87. The number of nitrogens with two attached hydrogens (primary N) is 1. The molecule has 0 fully saturated rings. The van der Waals surface area contributed by atoms with Gasteiger partial charge in [-0.25, -0.2) is 0 Å². The Labute approximate surface area is 148 Å². The number of carbonyl (C=O) groups excluding carboxylic acids is 1. The molecule has 2 N–H and O–H groups in total. The van der Waals surface area contributed by atoms with Crippen molar-refractivity contribution in [2.24, 2.45) is 5.73 Å². The molecule has 0 spiro atoms. The average molecular weight is 343 g/mol. The second-order valence-corrected chi connectivity index (χ2v) is 5.86. The van der Waals surface area contributed by atoms with E-state index in [2.05, 4.69) is 0 Å². The van der Waals surface area contributed by atoms with Crippen LogP contribution in [0.4, 0.5) is 0 Å². The first-order valence-corrected chi connectivity index (χ1v) is 8.20. The molecule has 25 heavy (non-hydrogen) atoms. The van der Waals surface area contributed by atoms with E-state index in [4.69, 9.17) is 19.9 Å². The lowest BCUT2D eigenvalue weighted by Gasteiger charge is -2.17. The van der Waals surface area contributed by atoms with Crippen molar-refractivity contribution in [2.75, 3.05) is 21.3 Å². The molecule has 1 amide bonds. The summed E-state index contributed by atoms with van der Waals surface area (Å²) in [5.41, 5.74) is 7.60. The Bertz CT molecular complexity index is 697. The highest BCUT2D eigenvalue weighted by Gasteiger charge is 2.16. The molecule has 0 aromatic heterocycles. The van der Waals surface area contributed by atoms with Gasteiger partial charge in [-0.2, -0.15) is 0 Å². The summed E-state index contributed by atoms with van der Waals surface area (Å²) >= 11 is 0. The predicted molar refractivity (Wildman–Crippen MR) is 97.4 cm³/mol. The van der Waals surface area contributed by atoms with Crippen LogP contribution in [-0.4, -0.2) is 27.2 Å². The molecule has 2 aromatic rings. The van der Waals surface area contributed by atoms with E-state index in [0.717, 1.165) is 41.2 Å². The summed E-state index contributed by atoms with van der Waals surface area (Å²) in [5.74, 6) is 2.08. The van der Waals surface area contributed by atoms with Crippen molar-refractivity contribution in [3.63, 3.8) is 0 Å². The van der Waals surface area contributed by atoms with Crippen molar-refractivity contribution in [1.29, 1.82) is 0 Å². The van der Waals surface area contributed by atoms with Crippen LogP contribution in [-0.2, 0) is 11.2 Å². The lowest BCUT2D eigenvalue weighted by atomic mass is 9.89. The Morgan fingerprint density at radius 3 is 2.16 bits per heavy atom. The van der Waals surface area contributed by atoms with Crippen molar-refractivity contribution in [3.05, 3.63) is 53.6 Å². The molecular formula is C20H25NO4. The number of aryl methyl sites for hydroxylation is 1. The summed E-state index contributed by atoms with van der Waals surface area (Å²) in [5, 5.41) is 0. The molecule has 5 heteroatoms. The van der Waals surface area contributed by atoms with Crippen LogP contribution >= 0.6 is 0 Å². The second-order valence-electron chi connectivity index (χ2n) is 5.86. The standard InChI is InChI=1S/C20H25NO4/c1-23-17-9-6-14(7-10-17)16(12-20(21)22)5-4-15-8-11-18(24-2)13-19(15)25-3/h6-11,13,16H,4-5,12H2,1-3H3,(H2,21,22). The molecule has 2 rings (SSSR count). The highest BCUT2D eigenvalue weighted by Crippen LogP contribution is 2.31. The summed E-state index contributed by atoms with van der Waals surface area (Å²) in [4.78, 5) is 11.5. The largest absolute Gasteiger partial charge is 0.497 e. The molecule has 0 radical (unpaired) electrons. The van der Waals surface area contributed by atoms with Crippen molar-refractivity contribution >= 4 is 5.91 Å². The van der Waals surface area contributed by atoms with Gasteiger partial charge in [-0.15, -0.1) is 0 Å². The summed E-state index contributed by atoms with van der Waals surface area (Å²) in [7, 11) is 4.90. The molecule has 0 saturated carbocycles. The maximum Gasteiger partial charge on any atom is 0.218 e. The molecule has 0 saturated heterocycles. The van der Waals surface area contributed by atoms with Gasteiger partial charge in [0.2, 0.25) is 5.91 Å². The monoisotopic (exact) mass is 343 g/mol. The highest BCUT2D eigenvalue weighted by atomic mass is 16.5. The van der Waals surface area contributed by atoms with Crippen molar-refractivity contribution < 1.29 is 19.0 Å². The van der Waals surface area contributed by atoms with Gasteiger partial charge in [-0.3, -0.25) is 4.79 Å². The molecular weight excluding hydrogens is 318 g/mol. The van der Waals surface area contributed by atoms with Crippen LogP contribution in [0.3, 0.4) is 0 Å². The Kier molecular flexibility index (Phi) is 6.69. The smallest absolute Gasteiger partial charge is 0.218 e. The van der Waals surface area contributed by atoms with Gasteiger partial charge in [0, 0.05) is 12.5 Å². The molecule has 0 aliphatic carbocycles. The van der Waals surface area contributed by atoms with E-state index in [1.807, 2.05) is 42.5 Å². The fourth-order valence-electron chi connectivity index (χ4n) is 2.89. The van der Waals surface area contributed by atoms with Crippen LogP contribution in [0.2, 0.25) is 0 Å². The topological polar surface area (TPSA) is 70.8 Å². The summed E-state index contributed by atoms with van der Waals surface area (Å²) in [6, 6.07) is 13.5. The van der Waals surface area contributed by atoms with E-state index in [9.17, 15) is 4.79 Å². The van der Waals surface area contributed by atoms with Crippen LogP contribution in [0.5, 0.6) is 17.2 Å². The number of carbonyl (C=O) groups is 1. The fourth-order valence-corrected chi connectivity index (χ4v) is 2.89. The van der Waals surface area contributed by atoms with Crippen molar-refractivity contribution in [3.8, 4) is 17.2 Å². The van der Waals surface area contributed by atoms with Crippen molar-refractivity contribution in [1.82, 2.24) is 0 Å². The van der Waals surface area contributed by atoms with Gasteiger partial charge in [0.15, 0.2) is 0 Å². The molecule has 0 aliphatic heterocycles. The Morgan fingerprint density at radius 2 is 1.60 bits per heavy atom. The minimum atomic E-state index is -0.303. The average Bonchev–Trinajstić information content (AvgIpc) is 2.64. The highest BCUT2D eigenvalue weighted by molar-refractivity contribution is 5.74. The normalized spacial score (nSPS) is 11.6. The number of ether oxygens (including phenoxy) is 3. The van der Waals surface area contributed by atoms with E-state index in [1.54, 1.807) is 21.3 Å². The van der Waals surface area contributed by atoms with Crippen LogP contribution in [0.1, 0.15) is 29.9 Å². The summed E-state index contributed by atoms with van der Waals surface area (Å²) < 4.78 is 15.9. The van der Waals surface area contributed by atoms with Gasteiger partial charge >= 0.3 is 0 Å². The third-order valence-corrected chi connectivity index (χ3v) is 4.29. The van der Waals surface area contributed by atoms with E-state index in [-0.39, 0.29) is 11.8 Å². The number of hydrogen-bond acceptors (Lipinski definition) is 4. The zero-order chi connectivity index (χ0) is 18.2. The van der Waals surface area contributed by atoms with Crippen LogP contribution < -0.4 is 19.9 Å². The fraction of sp³-hybridized carbons (Fsp3) is 0.350. The number of primary amides is 1. The van der Waals surface area contributed by atoms with E-state index >= 15 is 0 Å². The van der Waals surface area contributed by atoms with Crippen molar-refractivity contribution in [2.45, 2.75) is 25.2 Å². The molecule has 2 aromatic carbocycles. The van der Waals surface area contributed by atoms with E-state index in [0.29, 0.717) is 6.42 Å². The number of rotatable bonds is 9. The lowest BCUT2D eigenvalue weighted by molar-refractivity contribution is -0.118. The number of hydrogen-bond donors (Lipinski definition) is 1. The summed E-state index contributed by atoms with van der Waals surface area (Å²) in [6.45, 7) is 0. The maximum absolute atomic E-state index is 11.5. The number of benzene rings is 2. The SMILES string of the molecule is COc1ccc(C(CCc2ccc(OC)cc2OC)CC(N)=O)cc1. The van der Waals surface area contributed by atoms with Gasteiger partial charge < -0.3 is 19.9 Å². The zero-order valence-corrected chi connectivity index (χ0v) is 15.0. The first-order chi connectivity index (χ1) is 12.1. The Morgan fingerprint density at radius 1 is 0.960 bits per heavy atom. The minimum Gasteiger partial charge on any atom is -0.497 e. The molecule has 0 heterocycles. The van der Waals surface area contributed by atoms with Crippen LogP contribution in [0, 0.1) is 0 Å². The van der Waals surface area contributed by atoms with Crippen LogP contribution in [0.25, 0.3) is 0 Å². The number of methoxy groups -OCH3 is 3. The van der Waals surface area contributed by atoms with Gasteiger partial charge in [-0.05, 0) is 48.1 Å². The number of amides is 1. The first-order valence-electron chi connectivity index (χ1n) is 8.20. The van der Waals surface area contributed by atoms with E-state index < -0.39 is 0 Å². The lowest BCUT2D eigenvalue weighted by Crippen LogP contribution is -2.16. The molecule has 1 atom stereocenters. The Balaban J connectivity index is 2.15. The zero-order valence-electron chi connectivity index (χ0n) is 15.0. The molecule has 0 bridgehead atoms. The molecule has 0 aliphatic rings. The van der Waals surface area contributed by atoms with Gasteiger partial charge in [0.05, 0.1) is 21.3 Å².